The van der Waals surface area contributed by atoms with E-state index < -0.39 is 10.8 Å². The van der Waals surface area contributed by atoms with Crippen LogP contribution in [0.25, 0.3) is 61.2 Å². The van der Waals surface area contributed by atoms with Crippen LogP contribution in [0, 0.1) is 11.8 Å². The van der Waals surface area contributed by atoms with Crippen molar-refractivity contribution in [1.29, 1.82) is 0 Å². The Balaban J connectivity index is 0.847. The number of carbonyl (C=O) groups is 1. The highest BCUT2D eigenvalue weighted by atomic mass is 32.2. The summed E-state index contributed by atoms with van der Waals surface area (Å²) in [5, 5.41) is -0.292. The number of benzene rings is 8. The highest BCUT2D eigenvalue weighted by molar-refractivity contribution is 8.01. The zero-order valence-electron chi connectivity index (χ0n) is 41.6. The van der Waals surface area contributed by atoms with Crippen molar-refractivity contribution in [3.63, 3.8) is 0 Å². The molecule has 2 aliphatic heterocycles. The summed E-state index contributed by atoms with van der Waals surface area (Å²) in [5.74, 6) is 2.18. The van der Waals surface area contributed by atoms with Crippen LogP contribution in [0.15, 0.2) is 163 Å². The van der Waals surface area contributed by atoms with E-state index in [0.717, 1.165) is 53.9 Å². The molecule has 4 heteroatoms. The van der Waals surface area contributed by atoms with Crippen LogP contribution in [-0.4, -0.2) is 15.9 Å². The molecule has 5 aliphatic carbocycles. The van der Waals surface area contributed by atoms with Gasteiger partial charge in [-0.1, -0.05) is 180 Å². The van der Waals surface area contributed by atoms with Crippen molar-refractivity contribution in [2.45, 2.75) is 93.8 Å². The fourth-order valence-corrected chi connectivity index (χ4v) is 16.8. The number of rotatable bonds is 6. The highest BCUT2D eigenvalue weighted by Crippen LogP contribution is 2.72. The van der Waals surface area contributed by atoms with Crippen molar-refractivity contribution in [1.82, 2.24) is 0 Å². The summed E-state index contributed by atoms with van der Waals surface area (Å²) < 4.78 is 21.6. The molecule has 72 heavy (non-hydrogen) atoms. The van der Waals surface area contributed by atoms with E-state index in [-0.39, 0.29) is 27.3 Å². The lowest BCUT2D eigenvalue weighted by atomic mass is 9.73. The van der Waals surface area contributed by atoms with Gasteiger partial charge in [0.15, 0.2) is 0 Å². The van der Waals surface area contributed by atoms with Gasteiger partial charge < -0.3 is 4.74 Å². The molecule has 0 spiro atoms. The van der Waals surface area contributed by atoms with E-state index in [2.05, 4.69) is 174 Å². The Morgan fingerprint density at radius 1 is 0.583 bits per heavy atom. The van der Waals surface area contributed by atoms with Gasteiger partial charge in [-0.05, 0) is 145 Å². The quantitative estimate of drug-likeness (QED) is 0.167. The first kappa shape index (κ1) is 42.8. The first-order valence-corrected chi connectivity index (χ1v) is 27.5. The van der Waals surface area contributed by atoms with Crippen molar-refractivity contribution < 1.29 is 13.7 Å². The van der Waals surface area contributed by atoms with E-state index >= 15 is 0 Å². The van der Waals surface area contributed by atoms with Gasteiger partial charge in [0.05, 0.1) is 11.5 Å². The molecular weight excluding hydrogens is 897 g/mol. The lowest BCUT2D eigenvalue weighted by molar-refractivity contribution is 0.108. The smallest absolute Gasteiger partial charge is 0.254 e. The molecule has 0 bridgehead atoms. The number of carbonyl (C=O) groups excluding carboxylic acids is 1. The van der Waals surface area contributed by atoms with Gasteiger partial charge in [0.25, 0.3) is 5.12 Å². The number of aryl methyl sites for hydroxylation is 1. The maximum absolute atomic E-state index is 14.7. The summed E-state index contributed by atoms with van der Waals surface area (Å²) in [7, 11) is -1.84. The largest absolute Gasteiger partial charge is 0.492 e. The number of hydrogen-bond acceptors (Lipinski definition) is 3. The van der Waals surface area contributed by atoms with Crippen molar-refractivity contribution in [2.24, 2.45) is 11.8 Å². The maximum Gasteiger partial charge on any atom is 0.254 e. The minimum Gasteiger partial charge on any atom is -0.492 e. The first-order valence-electron chi connectivity index (χ1n) is 26.3. The van der Waals surface area contributed by atoms with Gasteiger partial charge in [0.2, 0.25) is 0 Å². The SMILES string of the molecule is CC1C=C2c3c(c(-c4ccccc4)cc4c3-c3ccc(CCC(c5ccccc5)c5ccc6c(c5)C5(C)CC7(C)c8ccccc8-c8c9c(c-6c5c87)-c5ccccc5C(=O)S9=O)cc3C4(C)C)OCC2CC1. The third-order valence-corrected chi connectivity index (χ3v) is 20.1. The second-order valence-corrected chi connectivity index (χ2v) is 24.4. The molecule has 3 nitrogen and oxygen atoms in total. The van der Waals surface area contributed by atoms with Crippen LogP contribution in [0.4, 0.5) is 0 Å². The van der Waals surface area contributed by atoms with Crippen molar-refractivity contribution in [2.75, 3.05) is 6.61 Å². The summed E-state index contributed by atoms with van der Waals surface area (Å²) >= 11 is 0. The molecule has 0 fully saturated rings. The molecule has 2 heterocycles. The summed E-state index contributed by atoms with van der Waals surface area (Å²) in [6, 6.07) is 55.7. The van der Waals surface area contributed by atoms with Crippen LogP contribution in [0.5, 0.6) is 5.75 Å². The summed E-state index contributed by atoms with van der Waals surface area (Å²) in [6.45, 7) is 12.9. The number of allylic oxidation sites excluding steroid dienone is 1. The predicted octanol–water partition coefficient (Wildman–Crippen LogP) is 16.2. The van der Waals surface area contributed by atoms with Crippen molar-refractivity contribution >= 4 is 21.5 Å². The standard InChI is InChI=1S/C68H56O3S/c1-38-24-27-43-36-71-63-51(41-18-10-7-11-19-41)35-55-56(58(63)50(43)32-38)48-30-26-39(33-53(48)66(55,2)3)25-29-44(40-16-8-6-9-17-40)42-28-31-49-54(34-42)68(5)37-67(4)52-23-15-14-22-47(52)60-62(67)61(68)57(49)59-45-20-12-13-21-46(45)65(69)72(70)64(59)60/h6-23,26,28,30-35,38,43-44H,24-25,27,29,36-37H2,1-5H3. The fraction of sp³-hybridized carbons (Fsp3) is 0.250. The molecule has 0 amide bonds. The zero-order valence-corrected chi connectivity index (χ0v) is 42.4. The molecule has 0 N–H and O–H groups in total. The van der Waals surface area contributed by atoms with E-state index in [1.807, 2.05) is 18.2 Å². The van der Waals surface area contributed by atoms with Gasteiger partial charge in [-0.15, -0.1) is 0 Å². The van der Waals surface area contributed by atoms with Gasteiger partial charge in [0, 0.05) is 55.9 Å². The number of hydrogen-bond donors (Lipinski definition) is 0. The third-order valence-electron chi connectivity index (χ3n) is 18.7. The summed E-state index contributed by atoms with van der Waals surface area (Å²) in [6.07, 6.45) is 7.75. The summed E-state index contributed by atoms with van der Waals surface area (Å²) in [5.41, 5.74) is 26.3. The average molecular weight is 953 g/mol. The lowest BCUT2D eigenvalue weighted by Crippen LogP contribution is -2.25. The van der Waals surface area contributed by atoms with E-state index in [1.54, 1.807) is 0 Å². The number of fused-ring (bicyclic) bond motifs is 18. The van der Waals surface area contributed by atoms with Crippen LogP contribution in [0.2, 0.25) is 0 Å². The van der Waals surface area contributed by atoms with Crippen LogP contribution in [-0.2, 0) is 33.5 Å². The third kappa shape index (κ3) is 5.52. The molecule has 0 saturated heterocycles. The zero-order chi connectivity index (χ0) is 48.6. The van der Waals surface area contributed by atoms with Gasteiger partial charge >= 0.3 is 0 Å². The normalized spacial score (nSPS) is 23.8. The highest BCUT2D eigenvalue weighted by Gasteiger charge is 2.60. The molecule has 15 rings (SSSR count). The predicted molar refractivity (Wildman–Crippen MR) is 292 cm³/mol. The Hall–Kier alpha value is -6.88. The van der Waals surface area contributed by atoms with Gasteiger partial charge in [-0.25, -0.2) is 4.21 Å². The van der Waals surface area contributed by atoms with E-state index in [9.17, 15) is 9.00 Å². The average Bonchev–Trinajstić information content (AvgIpc) is 4.00. The maximum atomic E-state index is 14.7. The molecule has 0 radical (unpaired) electrons. The van der Waals surface area contributed by atoms with Gasteiger partial charge in [0.1, 0.15) is 16.5 Å². The molecule has 8 aromatic carbocycles. The van der Waals surface area contributed by atoms with E-state index in [0.29, 0.717) is 22.3 Å². The Morgan fingerprint density at radius 2 is 1.25 bits per heavy atom. The molecule has 8 aromatic rings. The van der Waals surface area contributed by atoms with Gasteiger partial charge in [-0.2, -0.15) is 0 Å². The molecule has 7 aliphatic rings. The van der Waals surface area contributed by atoms with Crippen LogP contribution in [0.3, 0.4) is 0 Å². The molecule has 0 aromatic heterocycles. The lowest BCUT2D eigenvalue weighted by Gasteiger charge is -2.36. The topological polar surface area (TPSA) is 43.4 Å². The Morgan fingerprint density at radius 3 is 2.06 bits per heavy atom. The first-order chi connectivity index (χ1) is 35.0. The van der Waals surface area contributed by atoms with Crippen molar-refractivity contribution in [3.8, 4) is 61.4 Å². The van der Waals surface area contributed by atoms with Crippen LogP contribution < -0.4 is 4.74 Å². The van der Waals surface area contributed by atoms with E-state index in [4.69, 9.17) is 4.74 Å². The Kier molecular flexibility index (Phi) is 8.83. The minimum absolute atomic E-state index is 0.160. The Bertz CT molecular complexity index is 3800. The monoisotopic (exact) mass is 952 g/mol. The molecule has 6 atom stereocenters. The second-order valence-electron chi connectivity index (χ2n) is 23.1. The molecule has 6 unspecified atom stereocenters. The van der Waals surface area contributed by atoms with Crippen molar-refractivity contribution in [3.05, 3.63) is 219 Å². The summed E-state index contributed by atoms with van der Waals surface area (Å²) in [4.78, 5) is 14.8. The second kappa shape index (κ2) is 14.9. The number of ether oxygens (including phenoxy) is 1. The molecule has 352 valence electrons. The molecule has 0 saturated carbocycles. The van der Waals surface area contributed by atoms with E-state index in [1.165, 1.54) is 107 Å². The minimum atomic E-state index is -1.84. The van der Waals surface area contributed by atoms with Gasteiger partial charge in [-0.3, -0.25) is 4.79 Å². The Labute approximate surface area is 425 Å². The van der Waals surface area contributed by atoms with Crippen LogP contribution in [0.1, 0.15) is 132 Å². The molecular formula is C68H56O3S. The fourth-order valence-electron chi connectivity index (χ4n) is 15.5. The van der Waals surface area contributed by atoms with Crippen LogP contribution >= 0.6 is 0 Å².